The molecule has 19 heavy (non-hydrogen) atoms. The number of aliphatic hydroxyl groups is 1. The van der Waals surface area contributed by atoms with Gasteiger partial charge in [-0.15, -0.1) is 11.3 Å². The predicted octanol–water partition coefficient (Wildman–Crippen LogP) is 2.92. The standard InChI is InChI=1S/C13H18N2OS3/c1-8-9(2)19-12(7-18-8)11(16)5-10-6-15-3-4-17-13(15)14-10/h3-4,6,8-9,11-12,16H,5,7H2,1-2H3. The van der Waals surface area contributed by atoms with Crippen molar-refractivity contribution in [2.24, 2.45) is 0 Å². The first kappa shape index (κ1) is 13.8. The fourth-order valence-corrected chi connectivity index (χ4v) is 5.96. The Morgan fingerprint density at radius 2 is 2.32 bits per heavy atom. The highest BCUT2D eigenvalue weighted by atomic mass is 32.2. The van der Waals surface area contributed by atoms with E-state index in [0.717, 1.165) is 16.4 Å². The van der Waals surface area contributed by atoms with Gasteiger partial charge >= 0.3 is 0 Å². The van der Waals surface area contributed by atoms with Gasteiger partial charge in [-0.1, -0.05) is 13.8 Å². The molecular formula is C13H18N2OS3. The molecule has 1 aliphatic heterocycles. The van der Waals surface area contributed by atoms with E-state index in [2.05, 4.69) is 18.8 Å². The van der Waals surface area contributed by atoms with Gasteiger partial charge in [-0.2, -0.15) is 23.5 Å². The lowest BCUT2D eigenvalue weighted by atomic mass is 10.1. The van der Waals surface area contributed by atoms with Crippen molar-refractivity contribution < 1.29 is 5.11 Å². The van der Waals surface area contributed by atoms with E-state index in [-0.39, 0.29) is 6.10 Å². The third kappa shape index (κ3) is 2.96. The van der Waals surface area contributed by atoms with E-state index in [0.29, 0.717) is 22.2 Å². The van der Waals surface area contributed by atoms with Crippen molar-refractivity contribution in [2.45, 2.75) is 42.1 Å². The maximum atomic E-state index is 10.4. The van der Waals surface area contributed by atoms with Crippen LogP contribution in [0.1, 0.15) is 19.5 Å². The molecule has 0 aliphatic carbocycles. The highest BCUT2D eigenvalue weighted by molar-refractivity contribution is 8.07. The Hall–Kier alpha value is -0.170. The molecule has 2 aromatic rings. The molecule has 4 atom stereocenters. The monoisotopic (exact) mass is 314 g/mol. The van der Waals surface area contributed by atoms with Gasteiger partial charge in [0.15, 0.2) is 4.96 Å². The van der Waals surface area contributed by atoms with Crippen LogP contribution < -0.4 is 0 Å². The molecule has 0 aromatic carbocycles. The van der Waals surface area contributed by atoms with Gasteiger partial charge in [-0.05, 0) is 0 Å². The van der Waals surface area contributed by atoms with Crippen molar-refractivity contribution in [3.8, 4) is 0 Å². The fourth-order valence-electron chi connectivity index (χ4n) is 2.23. The summed E-state index contributed by atoms with van der Waals surface area (Å²) in [4.78, 5) is 5.56. The average Bonchev–Trinajstić information content (AvgIpc) is 2.93. The summed E-state index contributed by atoms with van der Waals surface area (Å²) in [6.07, 6.45) is 4.41. The molecule has 2 aromatic heterocycles. The highest BCUT2D eigenvalue weighted by Gasteiger charge is 2.30. The highest BCUT2D eigenvalue weighted by Crippen LogP contribution is 2.37. The lowest BCUT2D eigenvalue weighted by Crippen LogP contribution is -2.35. The third-order valence-corrected chi connectivity index (χ3v) is 7.87. The minimum absolute atomic E-state index is 0.294. The number of fused-ring (bicyclic) bond motifs is 1. The number of rotatable bonds is 3. The molecule has 0 spiro atoms. The molecule has 0 saturated carbocycles. The fraction of sp³-hybridized carbons (Fsp3) is 0.615. The van der Waals surface area contributed by atoms with Gasteiger partial charge in [0.2, 0.25) is 0 Å². The SMILES string of the molecule is CC1SCC(C(O)Cc2cn3ccsc3n2)SC1C. The summed E-state index contributed by atoms with van der Waals surface area (Å²) in [5, 5.41) is 14.1. The van der Waals surface area contributed by atoms with Crippen LogP contribution in [0.4, 0.5) is 0 Å². The molecule has 1 N–H and O–H groups in total. The van der Waals surface area contributed by atoms with Crippen LogP contribution in [-0.2, 0) is 6.42 Å². The number of aromatic nitrogens is 2. The van der Waals surface area contributed by atoms with E-state index in [4.69, 9.17) is 0 Å². The van der Waals surface area contributed by atoms with Crippen molar-refractivity contribution in [2.75, 3.05) is 5.75 Å². The molecule has 0 radical (unpaired) electrons. The van der Waals surface area contributed by atoms with Crippen LogP contribution in [-0.4, -0.2) is 42.1 Å². The smallest absolute Gasteiger partial charge is 0.193 e. The third-order valence-electron chi connectivity index (χ3n) is 3.56. The normalized spacial score (nSPS) is 29.7. The minimum Gasteiger partial charge on any atom is -0.392 e. The Bertz CT molecular complexity index is 524. The van der Waals surface area contributed by atoms with E-state index >= 15 is 0 Å². The summed E-state index contributed by atoms with van der Waals surface area (Å²) in [5.41, 5.74) is 0.997. The Kier molecular flexibility index (Phi) is 4.12. The zero-order valence-electron chi connectivity index (χ0n) is 11.0. The van der Waals surface area contributed by atoms with Crippen LogP contribution in [0.5, 0.6) is 0 Å². The topological polar surface area (TPSA) is 37.5 Å². The van der Waals surface area contributed by atoms with Crippen LogP contribution in [0.15, 0.2) is 17.8 Å². The largest absolute Gasteiger partial charge is 0.392 e. The minimum atomic E-state index is -0.294. The second-order valence-electron chi connectivity index (χ2n) is 5.01. The van der Waals surface area contributed by atoms with Gasteiger partial charge in [0.1, 0.15) is 0 Å². The van der Waals surface area contributed by atoms with Gasteiger partial charge in [-0.3, -0.25) is 4.40 Å². The average molecular weight is 315 g/mol. The number of hydrogen-bond acceptors (Lipinski definition) is 5. The van der Waals surface area contributed by atoms with E-state index in [9.17, 15) is 5.11 Å². The molecule has 1 aliphatic rings. The molecule has 4 unspecified atom stereocenters. The van der Waals surface area contributed by atoms with Crippen molar-refractivity contribution in [1.29, 1.82) is 0 Å². The van der Waals surface area contributed by atoms with Crippen LogP contribution >= 0.6 is 34.9 Å². The molecular weight excluding hydrogens is 296 g/mol. The summed E-state index contributed by atoms with van der Waals surface area (Å²) < 4.78 is 2.03. The maximum absolute atomic E-state index is 10.4. The molecule has 3 heterocycles. The second kappa shape index (κ2) is 5.68. The van der Waals surface area contributed by atoms with Crippen molar-refractivity contribution >= 4 is 39.8 Å². The molecule has 1 saturated heterocycles. The summed E-state index contributed by atoms with van der Waals surface area (Å²) in [6.45, 7) is 4.53. The number of thioether (sulfide) groups is 2. The van der Waals surface area contributed by atoms with Gasteiger partial charge in [0.25, 0.3) is 0 Å². The Balaban J connectivity index is 1.64. The van der Waals surface area contributed by atoms with Gasteiger partial charge in [0, 0.05) is 45.7 Å². The molecule has 3 rings (SSSR count). The first-order valence-corrected chi connectivity index (χ1v) is 9.37. The van der Waals surface area contributed by atoms with Crippen molar-refractivity contribution in [3.63, 3.8) is 0 Å². The Labute approximate surface area is 125 Å². The lowest BCUT2D eigenvalue weighted by molar-refractivity contribution is 0.176. The molecule has 3 nitrogen and oxygen atoms in total. The van der Waals surface area contributed by atoms with Crippen molar-refractivity contribution in [3.05, 3.63) is 23.5 Å². The first-order chi connectivity index (χ1) is 9.13. The summed E-state index contributed by atoms with van der Waals surface area (Å²) >= 11 is 5.54. The summed E-state index contributed by atoms with van der Waals surface area (Å²) in [5.74, 6) is 1.04. The maximum Gasteiger partial charge on any atom is 0.193 e. The van der Waals surface area contributed by atoms with E-state index in [1.807, 2.05) is 45.7 Å². The number of nitrogens with zero attached hydrogens (tertiary/aromatic N) is 2. The summed E-state index contributed by atoms with van der Waals surface area (Å²) in [7, 11) is 0. The summed E-state index contributed by atoms with van der Waals surface area (Å²) in [6, 6.07) is 0. The van der Waals surface area contributed by atoms with E-state index in [1.165, 1.54) is 0 Å². The van der Waals surface area contributed by atoms with Gasteiger partial charge in [0.05, 0.1) is 11.8 Å². The number of hydrogen-bond donors (Lipinski definition) is 1. The molecule has 6 heteroatoms. The van der Waals surface area contributed by atoms with E-state index < -0.39 is 0 Å². The van der Waals surface area contributed by atoms with Gasteiger partial charge < -0.3 is 5.11 Å². The van der Waals surface area contributed by atoms with Crippen LogP contribution in [0.2, 0.25) is 0 Å². The van der Waals surface area contributed by atoms with Crippen LogP contribution in [0.3, 0.4) is 0 Å². The lowest BCUT2D eigenvalue weighted by Gasteiger charge is -2.33. The van der Waals surface area contributed by atoms with Gasteiger partial charge in [-0.25, -0.2) is 4.98 Å². The number of thiazole rings is 1. The van der Waals surface area contributed by atoms with Crippen LogP contribution in [0, 0.1) is 0 Å². The zero-order chi connectivity index (χ0) is 13.4. The second-order valence-corrected chi connectivity index (χ2v) is 8.92. The number of imidazole rings is 1. The van der Waals surface area contributed by atoms with Crippen molar-refractivity contribution in [1.82, 2.24) is 9.38 Å². The zero-order valence-corrected chi connectivity index (χ0v) is 13.5. The predicted molar refractivity (Wildman–Crippen MR) is 85.5 cm³/mol. The molecule has 104 valence electrons. The quantitative estimate of drug-likeness (QED) is 0.945. The molecule has 1 fully saturated rings. The van der Waals surface area contributed by atoms with E-state index in [1.54, 1.807) is 11.3 Å². The van der Waals surface area contributed by atoms with Crippen LogP contribution in [0.25, 0.3) is 4.96 Å². The Morgan fingerprint density at radius 3 is 3.05 bits per heavy atom. The Morgan fingerprint density at radius 1 is 1.47 bits per heavy atom. The molecule has 0 bridgehead atoms. The molecule has 0 amide bonds. The first-order valence-electron chi connectivity index (χ1n) is 6.49. The number of aliphatic hydroxyl groups excluding tert-OH is 1.